The predicted octanol–water partition coefficient (Wildman–Crippen LogP) is 1.55. The molecule has 0 unspecified atom stereocenters. The summed E-state index contributed by atoms with van der Waals surface area (Å²) in [5.74, 6) is 6.28. The molecule has 0 saturated carbocycles. The number of urea groups is 1. The van der Waals surface area contributed by atoms with Crippen LogP contribution < -0.4 is 19.7 Å². The van der Waals surface area contributed by atoms with Crippen LogP contribution in [-0.4, -0.2) is 41.2 Å². The average Bonchev–Trinajstić information content (AvgIpc) is 3.12. The zero-order chi connectivity index (χ0) is 19.3. The number of benzene rings is 2. The SMILES string of the molecule is COc1ccc(S(=O)(=O)NCC#Cc2ccc(N3CCNC3=O)cc2)cc1. The van der Waals surface area contributed by atoms with Gasteiger partial charge in [-0.1, -0.05) is 11.8 Å². The topological polar surface area (TPSA) is 87.7 Å². The molecule has 2 aromatic rings. The first-order valence-corrected chi connectivity index (χ1v) is 9.76. The first-order valence-electron chi connectivity index (χ1n) is 8.27. The molecule has 0 atom stereocenters. The molecule has 2 N–H and O–H groups in total. The van der Waals surface area contributed by atoms with Gasteiger partial charge in [0.25, 0.3) is 0 Å². The first-order chi connectivity index (χ1) is 13.0. The van der Waals surface area contributed by atoms with Crippen LogP contribution in [0.3, 0.4) is 0 Å². The maximum atomic E-state index is 12.2. The van der Waals surface area contributed by atoms with Gasteiger partial charge in [-0.15, -0.1) is 0 Å². The van der Waals surface area contributed by atoms with Gasteiger partial charge in [-0.3, -0.25) is 4.90 Å². The third-order valence-electron chi connectivity index (χ3n) is 3.99. The number of hydrogen-bond acceptors (Lipinski definition) is 4. The molecule has 0 radical (unpaired) electrons. The van der Waals surface area contributed by atoms with Crippen molar-refractivity contribution in [2.75, 3.05) is 31.6 Å². The summed E-state index contributed by atoms with van der Waals surface area (Å²) < 4.78 is 31.9. The monoisotopic (exact) mass is 385 g/mol. The standard InChI is InChI=1S/C19H19N3O4S/c1-26-17-8-10-18(11-9-17)27(24,25)21-12-2-3-15-4-6-16(7-5-15)22-14-13-20-19(22)23/h4-11,21H,12-14H2,1H3,(H,20,23). The molecule has 0 aliphatic carbocycles. The summed E-state index contributed by atoms with van der Waals surface area (Å²) in [5, 5.41) is 2.75. The van der Waals surface area contributed by atoms with Crippen molar-refractivity contribution in [3.63, 3.8) is 0 Å². The van der Waals surface area contributed by atoms with E-state index in [0.717, 1.165) is 11.3 Å². The second kappa shape index (κ2) is 8.12. The molecule has 2 amide bonds. The van der Waals surface area contributed by atoms with Crippen LogP contribution in [0.15, 0.2) is 53.4 Å². The maximum Gasteiger partial charge on any atom is 0.321 e. The van der Waals surface area contributed by atoms with Crippen LogP contribution >= 0.6 is 0 Å². The highest BCUT2D eigenvalue weighted by Crippen LogP contribution is 2.17. The number of sulfonamides is 1. The Labute approximate surface area is 158 Å². The van der Waals surface area contributed by atoms with Crippen molar-refractivity contribution < 1.29 is 17.9 Å². The van der Waals surface area contributed by atoms with Crippen molar-refractivity contribution in [1.29, 1.82) is 0 Å². The van der Waals surface area contributed by atoms with Crippen LogP contribution in [0.1, 0.15) is 5.56 Å². The zero-order valence-corrected chi connectivity index (χ0v) is 15.5. The van der Waals surface area contributed by atoms with Crippen molar-refractivity contribution in [1.82, 2.24) is 10.0 Å². The van der Waals surface area contributed by atoms with E-state index in [4.69, 9.17) is 4.74 Å². The molecule has 1 heterocycles. The smallest absolute Gasteiger partial charge is 0.321 e. The summed E-state index contributed by atoms with van der Waals surface area (Å²) in [6.07, 6.45) is 0. The predicted molar refractivity (Wildman–Crippen MR) is 102 cm³/mol. The molecule has 0 spiro atoms. The summed E-state index contributed by atoms with van der Waals surface area (Å²) in [6.45, 7) is 1.26. The second-order valence-corrected chi connectivity index (χ2v) is 7.50. The van der Waals surface area contributed by atoms with Gasteiger partial charge in [0.2, 0.25) is 10.0 Å². The van der Waals surface area contributed by atoms with E-state index < -0.39 is 10.0 Å². The number of anilines is 1. The average molecular weight is 385 g/mol. The highest BCUT2D eigenvalue weighted by Gasteiger charge is 2.20. The number of nitrogens with one attached hydrogen (secondary N) is 2. The van der Waals surface area contributed by atoms with Gasteiger partial charge in [0.1, 0.15) is 5.75 Å². The molecule has 2 aromatic carbocycles. The number of ether oxygens (including phenoxy) is 1. The Hall–Kier alpha value is -3.02. The quantitative estimate of drug-likeness (QED) is 0.765. The van der Waals surface area contributed by atoms with E-state index in [-0.39, 0.29) is 17.5 Å². The number of rotatable bonds is 5. The summed E-state index contributed by atoms with van der Waals surface area (Å²) in [6, 6.07) is 13.2. The Morgan fingerprint density at radius 2 is 1.85 bits per heavy atom. The van der Waals surface area contributed by atoms with Gasteiger partial charge in [-0.05, 0) is 48.5 Å². The molecule has 1 aliphatic rings. The molecular formula is C19H19N3O4S. The lowest BCUT2D eigenvalue weighted by molar-refractivity contribution is 0.252. The van der Waals surface area contributed by atoms with Crippen molar-refractivity contribution in [2.24, 2.45) is 0 Å². The number of carbonyl (C=O) groups excluding carboxylic acids is 1. The Kier molecular flexibility index (Phi) is 5.64. The van der Waals surface area contributed by atoms with E-state index in [0.29, 0.717) is 18.8 Å². The van der Waals surface area contributed by atoms with Crippen LogP contribution in [0.2, 0.25) is 0 Å². The summed E-state index contributed by atoms with van der Waals surface area (Å²) in [4.78, 5) is 13.4. The zero-order valence-electron chi connectivity index (χ0n) is 14.7. The number of hydrogen-bond donors (Lipinski definition) is 2. The number of nitrogens with zero attached hydrogens (tertiary/aromatic N) is 1. The lowest BCUT2D eigenvalue weighted by atomic mass is 10.2. The van der Waals surface area contributed by atoms with E-state index in [1.54, 1.807) is 29.2 Å². The molecule has 1 fully saturated rings. The van der Waals surface area contributed by atoms with Crippen molar-refractivity contribution in [3.8, 4) is 17.6 Å². The van der Waals surface area contributed by atoms with E-state index in [1.807, 2.05) is 12.1 Å². The van der Waals surface area contributed by atoms with Gasteiger partial charge in [-0.2, -0.15) is 4.72 Å². The minimum absolute atomic E-state index is 0.00928. The third kappa shape index (κ3) is 4.58. The summed E-state index contributed by atoms with van der Waals surface area (Å²) >= 11 is 0. The van der Waals surface area contributed by atoms with Gasteiger partial charge in [-0.25, -0.2) is 13.2 Å². The molecular weight excluding hydrogens is 366 g/mol. The van der Waals surface area contributed by atoms with Crippen LogP contribution in [-0.2, 0) is 10.0 Å². The van der Waals surface area contributed by atoms with Crippen molar-refractivity contribution >= 4 is 21.7 Å². The number of methoxy groups -OCH3 is 1. The summed E-state index contributed by atoms with van der Waals surface area (Å²) in [7, 11) is -2.11. The third-order valence-corrected chi connectivity index (χ3v) is 5.41. The van der Waals surface area contributed by atoms with Gasteiger partial charge < -0.3 is 10.1 Å². The van der Waals surface area contributed by atoms with Gasteiger partial charge in [0.15, 0.2) is 0 Å². The molecule has 1 saturated heterocycles. The minimum atomic E-state index is -3.62. The largest absolute Gasteiger partial charge is 0.497 e. The van der Waals surface area contributed by atoms with E-state index in [1.165, 1.54) is 19.2 Å². The van der Waals surface area contributed by atoms with Gasteiger partial charge in [0, 0.05) is 24.3 Å². The number of amides is 2. The summed E-state index contributed by atoms with van der Waals surface area (Å²) in [5.41, 5.74) is 1.54. The molecule has 27 heavy (non-hydrogen) atoms. The molecule has 0 bridgehead atoms. The fourth-order valence-electron chi connectivity index (χ4n) is 2.56. The van der Waals surface area contributed by atoms with E-state index in [9.17, 15) is 13.2 Å². The molecule has 8 heteroatoms. The Bertz CT molecular complexity index is 974. The van der Waals surface area contributed by atoms with Crippen molar-refractivity contribution in [3.05, 3.63) is 54.1 Å². The van der Waals surface area contributed by atoms with Crippen molar-refractivity contribution in [2.45, 2.75) is 4.90 Å². The van der Waals surface area contributed by atoms with Gasteiger partial charge in [0.05, 0.1) is 18.6 Å². The van der Waals surface area contributed by atoms with Crippen LogP contribution in [0, 0.1) is 11.8 Å². The lowest BCUT2D eigenvalue weighted by Crippen LogP contribution is -2.27. The molecule has 1 aliphatic heterocycles. The molecule has 7 nitrogen and oxygen atoms in total. The Morgan fingerprint density at radius 1 is 1.15 bits per heavy atom. The highest BCUT2D eigenvalue weighted by molar-refractivity contribution is 7.89. The molecule has 140 valence electrons. The van der Waals surface area contributed by atoms with Crippen LogP contribution in [0.4, 0.5) is 10.5 Å². The van der Waals surface area contributed by atoms with Crippen LogP contribution in [0.5, 0.6) is 5.75 Å². The minimum Gasteiger partial charge on any atom is -0.497 e. The fourth-order valence-corrected chi connectivity index (χ4v) is 3.48. The van der Waals surface area contributed by atoms with Crippen LogP contribution in [0.25, 0.3) is 0 Å². The normalized spacial score (nSPS) is 13.7. The fraction of sp³-hybridized carbons (Fsp3) is 0.211. The Morgan fingerprint density at radius 3 is 2.44 bits per heavy atom. The highest BCUT2D eigenvalue weighted by atomic mass is 32.2. The van der Waals surface area contributed by atoms with E-state index >= 15 is 0 Å². The first kappa shape index (κ1) is 18.8. The number of carbonyl (C=O) groups is 1. The maximum absolute atomic E-state index is 12.2. The second-order valence-electron chi connectivity index (χ2n) is 5.73. The van der Waals surface area contributed by atoms with Gasteiger partial charge >= 0.3 is 6.03 Å². The van der Waals surface area contributed by atoms with E-state index in [2.05, 4.69) is 21.9 Å². The molecule has 3 rings (SSSR count). The molecule has 0 aromatic heterocycles. The lowest BCUT2D eigenvalue weighted by Gasteiger charge is -2.13. The Balaban J connectivity index is 1.59.